The van der Waals surface area contributed by atoms with Gasteiger partial charge in [-0.3, -0.25) is 0 Å². The van der Waals surface area contributed by atoms with Crippen molar-refractivity contribution in [2.24, 2.45) is 5.73 Å². The maximum Gasteiger partial charge on any atom is 0.488 e. The molecule has 1 aromatic rings. The Morgan fingerprint density at radius 2 is 2.00 bits per heavy atom. The first kappa shape index (κ1) is 9.94. The monoisotopic (exact) mass is 205 g/mol. The molecule has 2 N–H and O–H groups in total. The molecule has 0 bridgehead atoms. The lowest BCUT2D eigenvalue weighted by molar-refractivity contribution is 0.438. The number of nitrogens with two attached hydrogens (primary N) is 1. The van der Waals surface area contributed by atoms with E-state index in [0.717, 1.165) is 0 Å². The van der Waals surface area contributed by atoms with Gasteiger partial charge in [0.15, 0.2) is 0 Å². The van der Waals surface area contributed by atoms with E-state index < -0.39 is 10.5 Å². The zero-order valence-corrected chi connectivity index (χ0v) is 7.42. The highest BCUT2D eigenvalue weighted by molar-refractivity contribution is 7.81. The Balaban J connectivity index is 3.01. The van der Waals surface area contributed by atoms with Crippen LogP contribution in [0.1, 0.15) is 5.56 Å². The lowest BCUT2D eigenvalue weighted by Crippen LogP contribution is -2.05. The molecule has 0 aliphatic rings. The summed E-state index contributed by atoms with van der Waals surface area (Å²) in [6.07, 6.45) is 0. The number of hydrogen-bond donors (Lipinski definition) is 1. The van der Waals surface area contributed by atoms with Crippen LogP contribution < -0.4 is 9.92 Å². The SMILES string of the molecule is NCc1ccccc1OS(=O)(=O)F. The van der Waals surface area contributed by atoms with Crippen molar-refractivity contribution in [2.75, 3.05) is 0 Å². The maximum atomic E-state index is 12.1. The maximum absolute atomic E-state index is 12.1. The molecule has 72 valence electrons. The average Bonchev–Trinajstić information content (AvgIpc) is 2.02. The number of rotatable bonds is 3. The van der Waals surface area contributed by atoms with Crippen molar-refractivity contribution in [3.63, 3.8) is 0 Å². The fourth-order valence-electron chi connectivity index (χ4n) is 0.861. The lowest BCUT2D eigenvalue weighted by atomic mass is 10.2. The summed E-state index contributed by atoms with van der Waals surface area (Å²) in [7, 11) is -4.97. The summed E-state index contributed by atoms with van der Waals surface area (Å²) in [5.41, 5.74) is 5.71. The van der Waals surface area contributed by atoms with Gasteiger partial charge >= 0.3 is 10.5 Å². The fraction of sp³-hybridized carbons (Fsp3) is 0.143. The highest BCUT2D eigenvalue weighted by Gasteiger charge is 2.11. The molecule has 1 aromatic carbocycles. The molecule has 0 aliphatic carbocycles. The van der Waals surface area contributed by atoms with Crippen molar-refractivity contribution >= 4 is 10.5 Å². The van der Waals surface area contributed by atoms with Crippen LogP contribution >= 0.6 is 0 Å². The largest absolute Gasteiger partial charge is 0.488 e. The zero-order valence-electron chi connectivity index (χ0n) is 6.60. The smallest absolute Gasteiger partial charge is 0.358 e. The molecule has 0 spiro atoms. The third-order valence-electron chi connectivity index (χ3n) is 1.38. The molecule has 13 heavy (non-hydrogen) atoms. The van der Waals surface area contributed by atoms with Crippen molar-refractivity contribution < 1.29 is 16.5 Å². The molecule has 0 aliphatic heterocycles. The summed E-state index contributed by atoms with van der Waals surface area (Å²) >= 11 is 0. The topological polar surface area (TPSA) is 69.4 Å². The quantitative estimate of drug-likeness (QED) is 0.739. The highest BCUT2D eigenvalue weighted by Crippen LogP contribution is 2.19. The van der Waals surface area contributed by atoms with Crippen molar-refractivity contribution in [2.45, 2.75) is 6.54 Å². The Morgan fingerprint density at radius 3 is 2.54 bits per heavy atom. The summed E-state index contributed by atoms with van der Waals surface area (Å²) < 4.78 is 36.4. The molecule has 1 rings (SSSR count). The third-order valence-corrected chi connectivity index (χ3v) is 1.76. The van der Waals surface area contributed by atoms with Crippen LogP contribution in [-0.4, -0.2) is 8.42 Å². The minimum Gasteiger partial charge on any atom is -0.358 e. The number of halogens is 1. The van der Waals surface area contributed by atoms with Crippen LogP contribution in [0.25, 0.3) is 0 Å². The lowest BCUT2D eigenvalue weighted by Gasteiger charge is -2.04. The molecular formula is C7H8FNO3S. The van der Waals surface area contributed by atoms with Gasteiger partial charge in [-0.25, -0.2) is 0 Å². The van der Waals surface area contributed by atoms with E-state index in [-0.39, 0.29) is 12.3 Å². The summed E-state index contributed by atoms with van der Waals surface area (Å²) in [5, 5.41) is 0. The van der Waals surface area contributed by atoms with Gasteiger partial charge in [-0.1, -0.05) is 22.1 Å². The second kappa shape index (κ2) is 3.71. The molecule has 0 unspecified atom stereocenters. The van der Waals surface area contributed by atoms with E-state index in [4.69, 9.17) is 5.73 Å². The van der Waals surface area contributed by atoms with Crippen molar-refractivity contribution in [3.05, 3.63) is 29.8 Å². The summed E-state index contributed by atoms with van der Waals surface area (Å²) in [5.74, 6) is -0.0764. The van der Waals surface area contributed by atoms with Crippen molar-refractivity contribution in [3.8, 4) is 5.75 Å². The molecule has 0 saturated heterocycles. The summed E-state index contributed by atoms with van der Waals surface area (Å²) in [6.45, 7) is 0.0890. The van der Waals surface area contributed by atoms with Crippen molar-refractivity contribution in [1.29, 1.82) is 0 Å². The van der Waals surface area contributed by atoms with Gasteiger partial charge in [-0.15, -0.1) is 0 Å². The normalized spacial score (nSPS) is 11.2. The average molecular weight is 205 g/mol. The number of hydrogen-bond acceptors (Lipinski definition) is 4. The number of para-hydroxylation sites is 1. The summed E-state index contributed by atoms with van der Waals surface area (Å²) in [4.78, 5) is 0. The van der Waals surface area contributed by atoms with Crippen LogP contribution in [0.2, 0.25) is 0 Å². The van der Waals surface area contributed by atoms with Crippen LogP contribution in [0.4, 0.5) is 3.89 Å². The molecule has 0 atom stereocenters. The Labute approximate surface area is 75.5 Å². The molecule has 0 heterocycles. The van der Waals surface area contributed by atoms with E-state index in [1.807, 2.05) is 0 Å². The highest BCUT2D eigenvalue weighted by atomic mass is 32.3. The van der Waals surface area contributed by atoms with Gasteiger partial charge in [0.25, 0.3) is 0 Å². The van der Waals surface area contributed by atoms with Gasteiger partial charge in [0.2, 0.25) is 0 Å². The van der Waals surface area contributed by atoms with Gasteiger partial charge < -0.3 is 9.92 Å². The van der Waals surface area contributed by atoms with Crippen LogP contribution in [0.3, 0.4) is 0 Å². The standard InChI is InChI=1S/C7H8FNO3S/c8-13(10,11)12-7-4-2-1-3-6(7)5-9/h1-4H,5,9H2. The molecule has 4 nitrogen and oxygen atoms in total. The Bertz CT molecular complexity index is 390. The molecule has 0 radical (unpaired) electrons. The van der Waals surface area contributed by atoms with Gasteiger partial charge in [0, 0.05) is 12.1 Å². The van der Waals surface area contributed by atoms with Crippen LogP contribution in [0.15, 0.2) is 24.3 Å². The molecule has 0 amide bonds. The Kier molecular flexibility index (Phi) is 2.84. The second-order valence-electron chi connectivity index (χ2n) is 2.29. The van der Waals surface area contributed by atoms with Crippen molar-refractivity contribution in [1.82, 2.24) is 0 Å². The van der Waals surface area contributed by atoms with Gasteiger partial charge in [0.1, 0.15) is 5.75 Å². The third kappa shape index (κ3) is 3.00. The van der Waals surface area contributed by atoms with Crippen LogP contribution in [0, 0.1) is 0 Å². The molecule has 0 saturated carbocycles. The first-order valence-electron chi connectivity index (χ1n) is 3.45. The summed E-state index contributed by atoms with van der Waals surface area (Å²) in [6, 6.07) is 6.07. The second-order valence-corrected chi connectivity index (χ2v) is 3.24. The first-order valence-corrected chi connectivity index (χ1v) is 4.76. The van der Waals surface area contributed by atoms with Gasteiger partial charge in [-0.2, -0.15) is 8.42 Å². The van der Waals surface area contributed by atoms with E-state index in [1.54, 1.807) is 12.1 Å². The Morgan fingerprint density at radius 1 is 1.38 bits per heavy atom. The van der Waals surface area contributed by atoms with Crippen LogP contribution in [0.5, 0.6) is 5.75 Å². The molecule has 6 heteroatoms. The fourth-order valence-corrected chi connectivity index (χ4v) is 1.24. The predicted octanol–water partition coefficient (Wildman–Crippen LogP) is 0.738. The van der Waals surface area contributed by atoms with Gasteiger partial charge in [0.05, 0.1) is 0 Å². The first-order chi connectivity index (χ1) is 6.03. The van der Waals surface area contributed by atoms with E-state index in [1.165, 1.54) is 12.1 Å². The minimum absolute atomic E-state index is 0.0764. The van der Waals surface area contributed by atoms with Gasteiger partial charge in [-0.05, 0) is 6.07 Å². The van der Waals surface area contributed by atoms with E-state index in [9.17, 15) is 12.3 Å². The molecule has 0 aromatic heterocycles. The van der Waals surface area contributed by atoms with E-state index in [2.05, 4.69) is 4.18 Å². The zero-order chi connectivity index (χ0) is 9.90. The molecular weight excluding hydrogens is 197 g/mol. The Hall–Kier alpha value is -1.14. The number of benzene rings is 1. The predicted molar refractivity (Wildman–Crippen MR) is 45.0 cm³/mol. The van der Waals surface area contributed by atoms with Crippen LogP contribution in [-0.2, 0) is 17.0 Å². The van der Waals surface area contributed by atoms with E-state index in [0.29, 0.717) is 5.56 Å². The minimum atomic E-state index is -4.97. The van der Waals surface area contributed by atoms with E-state index >= 15 is 0 Å². The molecule has 0 fully saturated rings.